The predicted octanol–water partition coefficient (Wildman–Crippen LogP) is 5.16. The lowest BCUT2D eigenvalue weighted by molar-refractivity contribution is 0.102. The molecule has 40 heavy (non-hydrogen) atoms. The van der Waals surface area contributed by atoms with Gasteiger partial charge in [0.25, 0.3) is 11.5 Å². The van der Waals surface area contributed by atoms with Crippen molar-refractivity contribution in [3.8, 4) is 34.4 Å². The molecule has 0 aliphatic heterocycles. The molecule has 5 aromatic rings. The Morgan fingerprint density at radius 2 is 1.48 bits per heavy atom. The Morgan fingerprint density at radius 3 is 2.15 bits per heavy atom. The Bertz CT molecular complexity index is 1750. The highest BCUT2D eigenvalue weighted by Crippen LogP contribution is 2.36. The second kappa shape index (κ2) is 11.2. The second-order valence-corrected chi connectivity index (χ2v) is 8.74. The molecule has 0 saturated carbocycles. The molecule has 10 nitrogen and oxygen atoms in total. The van der Waals surface area contributed by atoms with Gasteiger partial charge in [-0.1, -0.05) is 0 Å². The van der Waals surface area contributed by atoms with E-state index in [1.54, 1.807) is 101 Å². The molecule has 0 fully saturated rings. The van der Waals surface area contributed by atoms with Crippen LogP contribution in [0.5, 0.6) is 28.7 Å². The van der Waals surface area contributed by atoms with Crippen LogP contribution in [0.2, 0.25) is 0 Å². The van der Waals surface area contributed by atoms with Gasteiger partial charge in [-0.25, -0.2) is 0 Å². The maximum Gasteiger partial charge on any atom is 0.276 e. The van der Waals surface area contributed by atoms with E-state index in [0.29, 0.717) is 51.2 Å². The first-order valence-corrected chi connectivity index (χ1v) is 12.3. The van der Waals surface area contributed by atoms with Crippen LogP contribution in [-0.4, -0.2) is 42.0 Å². The van der Waals surface area contributed by atoms with E-state index in [-0.39, 0.29) is 11.3 Å². The molecule has 10 heteroatoms. The number of anilines is 1. The Balaban J connectivity index is 1.40. The van der Waals surface area contributed by atoms with Crippen LogP contribution < -0.4 is 29.8 Å². The van der Waals surface area contributed by atoms with Crippen molar-refractivity contribution in [2.75, 3.05) is 26.6 Å². The molecular formula is C30H26N4O6. The van der Waals surface area contributed by atoms with Crippen LogP contribution in [0.25, 0.3) is 16.6 Å². The van der Waals surface area contributed by atoms with Crippen LogP contribution in [0.4, 0.5) is 5.69 Å². The van der Waals surface area contributed by atoms with Gasteiger partial charge in [0, 0.05) is 29.4 Å². The molecular weight excluding hydrogens is 512 g/mol. The number of fused-ring (bicyclic) bond motifs is 1. The summed E-state index contributed by atoms with van der Waals surface area (Å²) in [4.78, 5) is 30.1. The van der Waals surface area contributed by atoms with E-state index in [1.807, 2.05) is 0 Å². The first-order valence-electron chi connectivity index (χ1n) is 12.3. The van der Waals surface area contributed by atoms with Gasteiger partial charge in [-0.15, -0.1) is 0 Å². The fourth-order valence-corrected chi connectivity index (χ4v) is 4.14. The van der Waals surface area contributed by atoms with Crippen LogP contribution in [0, 0.1) is 6.92 Å². The normalized spacial score (nSPS) is 10.7. The lowest BCUT2D eigenvalue weighted by Crippen LogP contribution is -2.26. The van der Waals surface area contributed by atoms with Crippen molar-refractivity contribution in [3.63, 3.8) is 0 Å². The minimum Gasteiger partial charge on any atom is -0.497 e. The highest BCUT2D eigenvalue weighted by atomic mass is 16.5. The van der Waals surface area contributed by atoms with E-state index in [1.165, 1.54) is 10.7 Å². The van der Waals surface area contributed by atoms with Gasteiger partial charge >= 0.3 is 0 Å². The highest BCUT2D eigenvalue weighted by Gasteiger charge is 2.16. The van der Waals surface area contributed by atoms with Gasteiger partial charge in [-0.05, 0) is 73.2 Å². The Kier molecular flexibility index (Phi) is 7.32. The molecule has 2 aromatic heterocycles. The number of methoxy groups -OCH3 is 3. The second-order valence-electron chi connectivity index (χ2n) is 8.74. The molecule has 2 heterocycles. The summed E-state index contributed by atoms with van der Waals surface area (Å²) in [6.07, 6.45) is 1.65. The largest absolute Gasteiger partial charge is 0.497 e. The quantitative estimate of drug-likeness (QED) is 0.288. The lowest BCUT2D eigenvalue weighted by atomic mass is 10.2. The maximum absolute atomic E-state index is 13.0. The topological polar surface area (TPSA) is 114 Å². The standard InChI is InChI=1S/C30H26N4O6/c1-18-15-28(35)34(33-29(18)30(36)32-19-5-9-21(37-2)10-6-19)20-7-11-22(12-8-20)40-25-13-14-31-24-17-27(39-4)26(38-3)16-23(24)25/h5-17H,1-4H3,(H,32,36). The van der Waals surface area contributed by atoms with Gasteiger partial charge in [0.2, 0.25) is 0 Å². The number of benzene rings is 3. The first-order chi connectivity index (χ1) is 19.4. The zero-order valence-corrected chi connectivity index (χ0v) is 22.3. The average Bonchev–Trinajstić information content (AvgIpc) is 2.97. The summed E-state index contributed by atoms with van der Waals surface area (Å²) >= 11 is 0. The Labute approximate surface area is 229 Å². The van der Waals surface area contributed by atoms with Gasteiger partial charge in [-0.2, -0.15) is 9.78 Å². The molecule has 1 N–H and O–H groups in total. The number of hydrogen-bond donors (Lipinski definition) is 1. The van der Waals surface area contributed by atoms with Crippen molar-refractivity contribution < 1.29 is 23.7 Å². The molecule has 3 aromatic carbocycles. The zero-order chi connectivity index (χ0) is 28.2. The summed E-state index contributed by atoms with van der Waals surface area (Å²) < 4.78 is 23.2. The van der Waals surface area contributed by atoms with E-state index in [9.17, 15) is 9.59 Å². The molecule has 0 spiro atoms. The van der Waals surface area contributed by atoms with Crippen molar-refractivity contribution >= 4 is 22.5 Å². The van der Waals surface area contributed by atoms with Gasteiger partial charge in [0.05, 0.1) is 32.5 Å². The molecule has 5 rings (SSSR count). The summed E-state index contributed by atoms with van der Waals surface area (Å²) in [7, 11) is 4.70. The number of carbonyl (C=O) groups excluding carboxylic acids is 1. The summed E-state index contributed by atoms with van der Waals surface area (Å²) in [5.41, 5.74) is 1.95. The number of aromatic nitrogens is 3. The number of nitrogens with one attached hydrogen (secondary N) is 1. The van der Waals surface area contributed by atoms with E-state index in [0.717, 1.165) is 5.39 Å². The molecule has 0 radical (unpaired) electrons. The summed E-state index contributed by atoms with van der Waals surface area (Å²) in [6, 6.07) is 20.5. The maximum atomic E-state index is 13.0. The van der Waals surface area contributed by atoms with E-state index in [4.69, 9.17) is 18.9 Å². The predicted molar refractivity (Wildman–Crippen MR) is 150 cm³/mol. The van der Waals surface area contributed by atoms with Crippen molar-refractivity contribution in [2.24, 2.45) is 0 Å². The number of carbonyl (C=O) groups is 1. The van der Waals surface area contributed by atoms with Crippen molar-refractivity contribution in [2.45, 2.75) is 6.92 Å². The number of hydrogen-bond acceptors (Lipinski definition) is 8. The monoisotopic (exact) mass is 538 g/mol. The minimum atomic E-state index is -0.437. The number of rotatable bonds is 8. The van der Waals surface area contributed by atoms with E-state index in [2.05, 4.69) is 15.4 Å². The number of amides is 1. The number of ether oxygens (including phenoxy) is 4. The van der Waals surface area contributed by atoms with Gasteiger partial charge in [0.15, 0.2) is 17.2 Å². The zero-order valence-electron chi connectivity index (χ0n) is 22.3. The third-order valence-corrected chi connectivity index (χ3v) is 6.20. The molecule has 0 aliphatic rings. The van der Waals surface area contributed by atoms with Crippen LogP contribution in [0.3, 0.4) is 0 Å². The first kappa shape index (κ1) is 26.2. The van der Waals surface area contributed by atoms with Crippen LogP contribution in [0.1, 0.15) is 16.1 Å². The Morgan fingerprint density at radius 1 is 0.800 bits per heavy atom. The Hall–Kier alpha value is -5.38. The number of aryl methyl sites for hydroxylation is 1. The minimum absolute atomic E-state index is 0.128. The van der Waals surface area contributed by atoms with E-state index < -0.39 is 5.91 Å². The smallest absolute Gasteiger partial charge is 0.276 e. The highest BCUT2D eigenvalue weighted by molar-refractivity contribution is 6.03. The molecule has 0 saturated heterocycles. The van der Waals surface area contributed by atoms with Crippen LogP contribution in [-0.2, 0) is 0 Å². The van der Waals surface area contributed by atoms with Crippen molar-refractivity contribution in [3.05, 3.63) is 101 Å². The average molecular weight is 539 g/mol. The van der Waals surface area contributed by atoms with Gasteiger partial charge in [0.1, 0.15) is 17.2 Å². The molecule has 202 valence electrons. The summed E-state index contributed by atoms with van der Waals surface area (Å²) in [5.74, 6) is 2.46. The third kappa shape index (κ3) is 5.28. The summed E-state index contributed by atoms with van der Waals surface area (Å²) in [5, 5.41) is 7.90. The van der Waals surface area contributed by atoms with Crippen molar-refractivity contribution in [1.82, 2.24) is 14.8 Å². The number of pyridine rings is 1. The van der Waals surface area contributed by atoms with Crippen molar-refractivity contribution in [1.29, 1.82) is 0 Å². The molecule has 0 atom stereocenters. The fraction of sp³-hybridized carbons (Fsp3) is 0.133. The molecule has 1 amide bonds. The summed E-state index contributed by atoms with van der Waals surface area (Å²) in [6.45, 7) is 1.67. The lowest BCUT2D eigenvalue weighted by Gasteiger charge is -2.13. The third-order valence-electron chi connectivity index (χ3n) is 6.20. The van der Waals surface area contributed by atoms with Gasteiger partial charge in [-0.3, -0.25) is 14.6 Å². The number of nitrogens with zero attached hydrogens (tertiary/aromatic N) is 3. The molecule has 0 bridgehead atoms. The fourth-order valence-electron chi connectivity index (χ4n) is 4.14. The molecule has 0 aliphatic carbocycles. The van der Waals surface area contributed by atoms with Gasteiger partial charge < -0.3 is 24.3 Å². The van der Waals surface area contributed by atoms with Crippen LogP contribution >= 0.6 is 0 Å². The molecule has 0 unspecified atom stereocenters. The SMILES string of the molecule is COc1ccc(NC(=O)c2nn(-c3ccc(Oc4ccnc5cc(OC)c(OC)cc45)cc3)c(=O)cc2C)cc1. The van der Waals surface area contributed by atoms with E-state index >= 15 is 0 Å². The van der Waals surface area contributed by atoms with Crippen LogP contribution in [0.15, 0.2) is 83.8 Å².